The van der Waals surface area contributed by atoms with Crippen LogP contribution in [-0.2, 0) is 9.53 Å². The van der Waals surface area contributed by atoms with Crippen molar-refractivity contribution in [2.45, 2.75) is 65.7 Å². The van der Waals surface area contributed by atoms with Crippen molar-refractivity contribution < 1.29 is 9.53 Å². The van der Waals surface area contributed by atoms with Crippen molar-refractivity contribution in [2.75, 3.05) is 12.4 Å². The second-order valence-corrected chi connectivity index (χ2v) is 4.14. The maximum Gasteiger partial charge on any atom is 0.305 e. The van der Waals surface area contributed by atoms with Gasteiger partial charge in [-0.05, 0) is 25.5 Å². The summed E-state index contributed by atoms with van der Waals surface area (Å²) in [6, 6.07) is 0. The molecule has 0 spiro atoms. The summed E-state index contributed by atoms with van der Waals surface area (Å²) in [4.78, 5) is 10.4. The van der Waals surface area contributed by atoms with E-state index in [2.05, 4.69) is 24.3 Å². The number of thiol groups is 1. The maximum absolute atomic E-state index is 10.4. The van der Waals surface area contributed by atoms with E-state index in [0.29, 0.717) is 13.0 Å². The van der Waals surface area contributed by atoms with Crippen LogP contribution in [0, 0.1) is 0 Å². The molecule has 0 aromatic carbocycles. The summed E-state index contributed by atoms with van der Waals surface area (Å²) in [5, 5.41) is 0. The number of ether oxygens (including phenoxy) is 1. The van der Waals surface area contributed by atoms with Gasteiger partial charge in [-0.1, -0.05) is 39.5 Å². The predicted molar refractivity (Wildman–Crippen MR) is 74.2 cm³/mol. The van der Waals surface area contributed by atoms with Crippen LogP contribution in [0.15, 0.2) is 0 Å². The minimum atomic E-state index is -0.0880. The lowest BCUT2D eigenvalue weighted by atomic mass is 10.2. The second kappa shape index (κ2) is 17.2. The third-order valence-electron chi connectivity index (χ3n) is 2.02. The largest absolute Gasteiger partial charge is 0.466 e. The topological polar surface area (TPSA) is 26.3 Å². The van der Waals surface area contributed by atoms with Crippen LogP contribution >= 0.6 is 12.6 Å². The van der Waals surface area contributed by atoms with Gasteiger partial charge in [-0.15, -0.1) is 0 Å². The number of hydrogen-bond donors (Lipinski definition) is 1. The molecule has 98 valence electrons. The fraction of sp³-hybridized carbons (Fsp3) is 0.923. The van der Waals surface area contributed by atoms with Gasteiger partial charge in [0.05, 0.1) is 6.61 Å². The zero-order valence-corrected chi connectivity index (χ0v) is 12.0. The Bertz CT molecular complexity index is 124. The van der Waals surface area contributed by atoms with Gasteiger partial charge < -0.3 is 4.74 Å². The van der Waals surface area contributed by atoms with E-state index >= 15 is 0 Å². The van der Waals surface area contributed by atoms with Gasteiger partial charge in [0.15, 0.2) is 0 Å². The summed E-state index contributed by atoms with van der Waals surface area (Å²) >= 11 is 4.12. The van der Waals surface area contributed by atoms with Crippen molar-refractivity contribution in [2.24, 2.45) is 0 Å². The van der Waals surface area contributed by atoms with Crippen LogP contribution in [0.3, 0.4) is 0 Å². The molecule has 0 bridgehead atoms. The van der Waals surface area contributed by atoms with Gasteiger partial charge in [0.25, 0.3) is 0 Å². The molecule has 0 aromatic rings. The van der Waals surface area contributed by atoms with E-state index in [1.165, 1.54) is 32.1 Å². The molecule has 0 aliphatic carbocycles. The molecular weight excluding hydrogens is 220 g/mol. The van der Waals surface area contributed by atoms with E-state index in [1.807, 2.05) is 13.8 Å². The van der Waals surface area contributed by atoms with Crippen molar-refractivity contribution in [3.63, 3.8) is 0 Å². The van der Waals surface area contributed by atoms with Crippen molar-refractivity contribution in [1.82, 2.24) is 0 Å². The summed E-state index contributed by atoms with van der Waals surface area (Å²) in [7, 11) is 0. The van der Waals surface area contributed by atoms with Gasteiger partial charge in [-0.3, -0.25) is 4.79 Å². The Kier molecular flexibility index (Phi) is 19.6. The van der Waals surface area contributed by atoms with Gasteiger partial charge >= 0.3 is 5.97 Å². The molecule has 0 saturated heterocycles. The predicted octanol–water partition coefficient (Wildman–Crippen LogP) is 4.24. The Hall–Kier alpha value is -0.180. The third kappa shape index (κ3) is 19.4. The van der Waals surface area contributed by atoms with Crippen LogP contribution in [-0.4, -0.2) is 18.3 Å². The van der Waals surface area contributed by atoms with Gasteiger partial charge in [0, 0.05) is 6.42 Å². The first kappa shape index (κ1) is 18.2. The van der Waals surface area contributed by atoms with E-state index in [4.69, 9.17) is 0 Å². The number of esters is 1. The third-order valence-corrected chi connectivity index (χ3v) is 2.34. The lowest BCUT2D eigenvalue weighted by molar-refractivity contribution is -0.143. The van der Waals surface area contributed by atoms with E-state index in [1.54, 1.807) is 0 Å². The molecule has 0 atom stereocenters. The standard InChI is InChI=1S/C7H16S.C6H12O2/c1-2-3-4-5-6-7-8;1-3-5-6(7)8-4-2/h8H,2-7H2,1H3;3-5H2,1-2H3. The number of carbonyl (C=O) groups is 1. The van der Waals surface area contributed by atoms with Crippen molar-refractivity contribution in [3.8, 4) is 0 Å². The van der Waals surface area contributed by atoms with Crippen LogP contribution in [0.2, 0.25) is 0 Å². The molecule has 0 unspecified atom stereocenters. The summed E-state index contributed by atoms with van der Waals surface area (Å²) in [5.74, 6) is 0.971. The minimum Gasteiger partial charge on any atom is -0.466 e. The number of hydrogen-bond acceptors (Lipinski definition) is 3. The molecule has 0 heterocycles. The molecule has 0 N–H and O–H groups in total. The first-order valence-corrected chi connectivity index (χ1v) is 7.12. The van der Waals surface area contributed by atoms with Gasteiger partial charge in [0.1, 0.15) is 0 Å². The van der Waals surface area contributed by atoms with E-state index in [9.17, 15) is 4.79 Å². The van der Waals surface area contributed by atoms with Crippen molar-refractivity contribution in [1.29, 1.82) is 0 Å². The van der Waals surface area contributed by atoms with Crippen LogP contribution in [0.4, 0.5) is 0 Å². The molecule has 0 rings (SSSR count). The number of unbranched alkanes of at least 4 members (excludes halogenated alkanes) is 4. The first-order valence-electron chi connectivity index (χ1n) is 6.49. The average molecular weight is 248 g/mol. The zero-order valence-electron chi connectivity index (χ0n) is 11.1. The van der Waals surface area contributed by atoms with Crippen molar-refractivity contribution >= 4 is 18.6 Å². The lowest BCUT2D eigenvalue weighted by Gasteiger charge is -1.96. The Balaban J connectivity index is 0. The minimum absolute atomic E-state index is 0.0880. The molecule has 3 heteroatoms. The zero-order chi connectivity index (χ0) is 12.6. The summed E-state index contributed by atoms with van der Waals surface area (Å²) in [5.41, 5.74) is 0. The van der Waals surface area contributed by atoms with Gasteiger partial charge in [-0.2, -0.15) is 12.6 Å². The Morgan fingerprint density at radius 1 is 1.00 bits per heavy atom. The van der Waals surface area contributed by atoms with Crippen LogP contribution in [0.1, 0.15) is 65.7 Å². The van der Waals surface area contributed by atoms with Crippen LogP contribution in [0.5, 0.6) is 0 Å². The lowest BCUT2D eigenvalue weighted by Crippen LogP contribution is -2.01. The summed E-state index contributed by atoms with van der Waals surface area (Å²) in [6.45, 7) is 6.50. The highest BCUT2D eigenvalue weighted by atomic mass is 32.1. The smallest absolute Gasteiger partial charge is 0.305 e. The van der Waals surface area contributed by atoms with Gasteiger partial charge in [-0.25, -0.2) is 0 Å². The highest BCUT2D eigenvalue weighted by Crippen LogP contribution is 2.02. The molecule has 16 heavy (non-hydrogen) atoms. The van der Waals surface area contributed by atoms with Gasteiger partial charge in [0.2, 0.25) is 0 Å². The second-order valence-electron chi connectivity index (χ2n) is 3.69. The van der Waals surface area contributed by atoms with Crippen LogP contribution < -0.4 is 0 Å². The fourth-order valence-corrected chi connectivity index (χ4v) is 1.38. The Morgan fingerprint density at radius 3 is 2.06 bits per heavy atom. The number of carbonyl (C=O) groups excluding carboxylic acids is 1. The molecule has 0 aliphatic rings. The average Bonchev–Trinajstić information content (AvgIpc) is 2.26. The summed E-state index contributed by atoms with van der Waals surface area (Å²) < 4.78 is 4.64. The normalized spacial score (nSPS) is 9.25. The first-order chi connectivity index (χ1) is 7.72. The molecular formula is C13H28O2S. The van der Waals surface area contributed by atoms with Crippen LogP contribution in [0.25, 0.3) is 0 Å². The highest BCUT2D eigenvalue weighted by molar-refractivity contribution is 7.80. The quantitative estimate of drug-likeness (QED) is 0.395. The van der Waals surface area contributed by atoms with E-state index in [-0.39, 0.29) is 5.97 Å². The molecule has 0 aromatic heterocycles. The molecule has 0 aliphatic heterocycles. The Labute approximate surface area is 107 Å². The van der Waals surface area contributed by atoms with Crippen molar-refractivity contribution in [3.05, 3.63) is 0 Å². The molecule has 0 amide bonds. The SMILES string of the molecule is CCCC(=O)OCC.CCCCCCCS. The monoisotopic (exact) mass is 248 g/mol. The summed E-state index contributed by atoms with van der Waals surface area (Å²) in [6.07, 6.45) is 8.23. The van der Waals surface area contributed by atoms with E-state index < -0.39 is 0 Å². The molecule has 0 saturated carbocycles. The maximum atomic E-state index is 10.4. The molecule has 2 nitrogen and oxygen atoms in total. The molecule has 0 fully saturated rings. The highest BCUT2D eigenvalue weighted by Gasteiger charge is 1.95. The Morgan fingerprint density at radius 2 is 1.62 bits per heavy atom. The molecule has 0 radical (unpaired) electrons. The number of rotatable bonds is 8. The fourth-order valence-electron chi connectivity index (χ4n) is 1.15. The van der Waals surface area contributed by atoms with E-state index in [0.717, 1.165) is 12.2 Å².